The Morgan fingerprint density at radius 2 is 2.16 bits per heavy atom. The van der Waals surface area contributed by atoms with E-state index < -0.39 is 6.04 Å². The predicted octanol–water partition coefficient (Wildman–Crippen LogP) is 2.58. The van der Waals surface area contributed by atoms with Crippen molar-refractivity contribution >= 4 is 21.8 Å². The third-order valence-corrected chi connectivity index (χ3v) is 4.41. The van der Waals surface area contributed by atoms with Crippen molar-refractivity contribution in [2.45, 2.75) is 38.1 Å². The molecule has 0 saturated heterocycles. The van der Waals surface area contributed by atoms with Gasteiger partial charge in [-0.15, -0.1) is 0 Å². The molecular formula is C15H21BrN2O. The van der Waals surface area contributed by atoms with Gasteiger partial charge in [-0.3, -0.25) is 4.79 Å². The van der Waals surface area contributed by atoms with Crippen molar-refractivity contribution in [2.75, 3.05) is 6.54 Å². The molecule has 1 aromatic carbocycles. The standard InChI is InChI=1S/C15H21BrN2O/c1-10(2)13(17)14(19)18-9-15(6-7-15)11-4-3-5-12(16)8-11/h3-5,8,10,13H,6-7,9,17H2,1-2H3,(H,18,19)/t13-/m0/s1. The summed E-state index contributed by atoms with van der Waals surface area (Å²) in [6.07, 6.45) is 2.25. The molecule has 1 amide bonds. The number of amides is 1. The van der Waals surface area contributed by atoms with Gasteiger partial charge in [0, 0.05) is 16.4 Å². The van der Waals surface area contributed by atoms with Crippen LogP contribution in [0.4, 0.5) is 0 Å². The second-order valence-electron chi connectivity index (χ2n) is 5.78. The first-order valence-electron chi connectivity index (χ1n) is 6.74. The van der Waals surface area contributed by atoms with Crippen LogP contribution in [0.15, 0.2) is 28.7 Å². The molecule has 1 aliphatic rings. The molecule has 2 rings (SSSR count). The lowest BCUT2D eigenvalue weighted by Crippen LogP contribution is -2.46. The largest absolute Gasteiger partial charge is 0.354 e. The number of benzene rings is 1. The topological polar surface area (TPSA) is 55.1 Å². The van der Waals surface area contributed by atoms with Gasteiger partial charge in [0.15, 0.2) is 0 Å². The van der Waals surface area contributed by atoms with Crippen LogP contribution in [0, 0.1) is 5.92 Å². The lowest BCUT2D eigenvalue weighted by Gasteiger charge is -2.20. The van der Waals surface area contributed by atoms with Crippen molar-refractivity contribution < 1.29 is 4.79 Å². The summed E-state index contributed by atoms with van der Waals surface area (Å²) in [5, 5.41) is 3.01. The van der Waals surface area contributed by atoms with Crippen molar-refractivity contribution in [3.05, 3.63) is 34.3 Å². The molecule has 0 radical (unpaired) electrons. The van der Waals surface area contributed by atoms with Crippen molar-refractivity contribution in [1.29, 1.82) is 0 Å². The Morgan fingerprint density at radius 3 is 2.68 bits per heavy atom. The molecule has 0 spiro atoms. The maximum atomic E-state index is 11.9. The molecule has 1 aromatic rings. The fraction of sp³-hybridized carbons (Fsp3) is 0.533. The summed E-state index contributed by atoms with van der Waals surface area (Å²) in [4.78, 5) is 11.9. The second-order valence-corrected chi connectivity index (χ2v) is 6.69. The van der Waals surface area contributed by atoms with E-state index in [1.165, 1.54) is 5.56 Å². The summed E-state index contributed by atoms with van der Waals surface area (Å²) >= 11 is 3.50. The lowest BCUT2D eigenvalue weighted by molar-refractivity contribution is -0.123. The molecule has 1 saturated carbocycles. The molecular weight excluding hydrogens is 304 g/mol. The van der Waals surface area contributed by atoms with E-state index in [1.54, 1.807) is 0 Å². The van der Waals surface area contributed by atoms with Crippen molar-refractivity contribution in [2.24, 2.45) is 11.7 Å². The molecule has 1 atom stereocenters. The van der Waals surface area contributed by atoms with E-state index >= 15 is 0 Å². The molecule has 19 heavy (non-hydrogen) atoms. The monoisotopic (exact) mass is 324 g/mol. The van der Waals surface area contributed by atoms with Crippen LogP contribution in [0.25, 0.3) is 0 Å². The second kappa shape index (κ2) is 5.63. The average Bonchev–Trinajstić information content (AvgIpc) is 3.16. The predicted molar refractivity (Wildman–Crippen MR) is 80.9 cm³/mol. The molecule has 0 aliphatic heterocycles. The van der Waals surface area contributed by atoms with Gasteiger partial charge in [-0.2, -0.15) is 0 Å². The Kier molecular flexibility index (Phi) is 4.31. The molecule has 0 aromatic heterocycles. The van der Waals surface area contributed by atoms with Crippen LogP contribution in [0.2, 0.25) is 0 Å². The number of hydrogen-bond donors (Lipinski definition) is 2. The number of nitrogens with one attached hydrogen (secondary N) is 1. The highest BCUT2D eigenvalue weighted by molar-refractivity contribution is 9.10. The highest BCUT2D eigenvalue weighted by Gasteiger charge is 2.44. The Hall–Kier alpha value is -0.870. The van der Waals surface area contributed by atoms with Gasteiger partial charge in [0.2, 0.25) is 5.91 Å². The van der Waals surface area contributed by atoms with Crippen molar-refractivity contribution in [3.8, 4) is 0 Å². The first-order valence-corrected chi connectivity index (χ1v) is 7.53. The number of rotatable bonds is 5. The molecule has 1 fully saturated rings. The van der Waals surface area contributed by atoms with Crippen LogP contribution in [0.5, 0.6) is 0 Å². The van der Waals surface area contributed by atoms with Crippen LogP contribution >= 0.6 is 15.9 Å². The summed E-state index contributed by atoms with van der Waals surface area (Å²) < 4.78 is 1.08. The number of nitrogens with two attached hydrogens (primary N) is 1. The van der Waals surface area contributed by atoms with Gasteiger partial charge in [0.1, 0.15) is 0 Å². The van der Waals surface area contributed by atoms with Gasteiger partial charge < -0.3 is 11.1 Å². The third-order valence-electron chi connectivity index (χ3n) is 3.91. The molecule has 3 nitrogen and oxygen atoms in total. The fourth-order valence-corrected chi connectivity index (χ4v) is 2.61. The third kappa shape index (κ3) is 3.37. The number of carbonyl (C=O) groups is 1. The summed E-state index contributed by atoms with van der Waals surface area (Å²) in [5.74, 6) is 0.122. The van der Waals surface area contributed by atoms with E-state index in [4.69, 9.17) is 5.73 Å². The van der Waals surface area contributed by atoms with E-state index in [-0.39, 0.29) is 17.2 Å². The van der Waals surface area contributed by atoms with E-state index in [1.807, 2.05) is 26.0 Å². The van der Waals surface area contributed by atoms with Gasteiger partial charge in [0.25, 0.3) is 0 Å². The molecule has 4 heteroatoms. The molecule has 0 heterocycles. The van der Waals surface area contributed by atoms with E-state index in [0.717, 1.165) is 17.3 Å². The summed E-state index contributed by atoms with van der Waals surface area (Å²) in [5.41, 5.74) is 7.27. The minimum Gasteiger partial charge on any atom is -0.354 e. The van der Waals surface area contributed by atoms with E-state index in [0.29, 0.717) is 6.54 Å². The lowest BCUT2D eigenvalue weighted by atomic mass is 9.95. The van der Waals surface area contributed by atoms with Crippen LogP contribution in [0.3, 0.4) is 0 Å². The van der Waals surface area contributed by atoms with E-state index in [9.17, 15) is 4.79 Å². The van der Waals surface area contributed by atoms with Gasteiger partial charge in [0.05, 0.1) is 6.04 Å². The van der Waals surface area contributed by atoms with Gasteiger partial charge >= 0.3 is 0 Å². The molecule has 1 aliphatic carbocycles. The quantitative estimate of drug-likeness (QED) is 0.874. The van der Waals surface area contributed by atoms with Crippen molar-refractivity contribution in [3.63, 3.8) is 0 Å². The Bertz CT molecular complexity index is 469. The van der Waals surface area contributed by atoms with E-state index in [2.05, 4.69) is 33.4 Å². The Balaban J connectivity index is 1.98. The minimum atomic E-state index is -0.418. The van der Waals surface area contributed by atoms with Crippen LogP contribution in [0.1, 0.15) is 32.3 Å². The van der Waals surface area contributed by atoms with Gasteiger partial charge in [-0.25, -0.2) is 0 Å². The SMILES string of the molecule is CC(C)[C@H](N)C(=O)NCC1(c2cccc(Br)c2)CC1. The first kappa shape index (κ1) is 14.5. The number of halogens is 1. The van der Waals surface area contributed by atoms with Gasteiger partial charge in [-0.1, -0.05) is 41.9 Å². The van der Waals surface area contributed by atoms with Crippen LogP contribution in [-0.4, -0.2) is 18.5 Å². The summed E-state index contributed by atoms with van der Waals surface area (Å²) in [7, 11) is 0. The Morgan fingerprint density at radius 1 is 1.47 bits per heavy atom. The summed E-state index contributed by atoms with van der Waals surface area (Å²) in [6, 6.07) is 7.92. The number of carbonyl (C=O) groups excluding carboxylic acids is 1. The maximum Gasteiger partial charge on any atom is 0.237 e. The summed E-state index contributed by atoms with van der Waals surface area (Å²) in [6.45, 7) is 4.61. The smallest absolute Gasteiger partial charge is 0.237 e. The molecule has 3 N–H and O–H groups in total. The molecule has 0 bridgehead atoms. The zero-order valence-corrected chi connectivity index (χ0v) is 13.0. The zero-order chi connectivity index (χ0) is 14.0. The number of hydrogen-bond acceptors (Lipinski definition) is 2. The zero-order valence-electron chi connectivity index (χ0n) is 11.4. The highest BCUT2D eigenvalue weighted by atomic mass is 79.9. The van der Waals surface area contributed by atoms with Crippen LogP contribution < -0.4 is 11.1 Å². The molecule has 0 unspecified atom stereocenters. The molecule has 104 valence electrons. The maximum absolute atomic E-state index is 11.9. The van der Waals surface area contributed by atoms with Crippen LogP contribution in [-0.2, 0) is 10.2 Å². The average molecular weight is 325 g/mol. The normalized spacial score (nSPS) is 18.2. The first-order chi connectivity index (χ1) is 8.94. The van der Waals surface area contributed by atoms with Gasteiger partial charge in [-0.05, 0) is 36.5 Å². The van der Waals surface area contributed by atoms with Crippen molar-refractivity contribution in [1.82, 2.24) is 5.32 Å². The highest BCUT2D eigenvalue weighted by Crippen LogP contribution is 2.48. The fourth-order valence-electron chi connectivity index (χ4n) is 2.21. The Labute approximate surface area is 123 Å². The minimum absolute atomic E-state index is 0.0451.